The van der Waals surface area contributed by atoms with Crippen molar-refractivity contribution in [3.63, 3.8) is 0 Å². The Hall–Kier alpha value is -1.48. The van der Waals surface area contributed by atoms with E-state index in [1.54, 1.807) is 33.3 Å². The smallest absolute Gasteiger partial charge is 0.253 e. The lowest BCUT2D eigenvalue weighted by Crippen LogP contribution is -2.52. The van der Waals surface area contributed by atoms with E-state index in [2.05, 4.69) is 10.0 Å². The number of carbonyl (C=O) groups excluding carboxylic acids is 1. The second kappa shape index (κ2) is 7.60. The lowest BCUT2D eigenvalue weighted by Gasteiger charge is -2.28. The minimum atomic E-state index is -3.70. The van der Waals surface area contributed by atoms with Crippen LogP contribution in [0.5, 0.6) is 0 Å². The fourth-order valence-corrected chi connectivity index (χ4v) is 4.01. The van der Waals surface area contributed by atoms with Crippen molar-refractivity contribution in [1.29, 1.82) is 0 Å². The van der Waals surface area contributed by atoms with E-state index in [1.165, 1.54) is 17.0 Å². The van der Waals surface area contributed by atoms with Crippen LogP contribution in [-0.4, -0.2) is 65.7 Å². The molecule has 24 heavy (non-hydrogen) atoms. The summed E-state index contributed by atoms with van der Waals surface area (Å²) in [6, 6.07) is 6.06. The highest BCUT2D eigenvalue weighted by atomic mass is 32.2. The molecule has 1 saturated heterocycles. The van der Waals surface area contributed by atoms with Gasteiger partial charge in [-0.15, -0.1) is 0 Å². The molecule has 8 heteroatoms. The molecule has 0 aliphatic carbocycles. The van der Waals surface area contributed by atoms with Crippen molar-refractivity contribution in [2.45, 2.75) is 23.3 Å². The molecule has 0 bridgehead atoms. The number of hydrogen-bond donors (Lipinski definition) is 2. The van der Waals surface area contributed by atoms with Gasteiger partial charge in [0.05, 0.1) is 17.0 Å². The Kier molecular flexibility index (Phi) is 5.97. The van der Waals surface area contributed by atoms with Gasteiger partial charge in [-0.25, -0.2) is 13.1 Å². The number of sulfonamides is 1. The molecule has 1 unspecified atom stereocenters. The topological polar surface area (TPSA) is 87.7 Å². The first kappa shape index (κ1) is 18.9. The van der Waals surface area contributed by atoms with E-state index < -0.39 is 10.0 Å². The molecule has 134 valence electrons. The van der Waals surface area contributed by atoms with Crippen LogP contribution in [0.3, 0.4) is 0 Å². The van der Waals surface area contributed by atoms with Crippen molar-refractivity contribution in [1.82, 2.24) is 14.9 Å². The number of methoxy groups -OCH3 is 1. The van der Waals surface area contributed by atoms with Crippen molar-refractivity contribution < 1.29 is 17.9 Å². The maximum Gasteiger partial charge on any atom is 0.253 e. The van der Waals surface area contributed by atoms with Crippen molar-refractivity contribution in [2.75, 3.05) is 40.9 Å². The van der Waals surface area contributed by atoms with Crippen LogP contribution in [0, 0.1) is 0 Å². The molecule has 1 aliphatic rings. The maximum absolute atomic E-state index is 12.6. The van der Waals surface area contributed by atoms with Gasteiger partial charge >= 0.3 is 0 Å². The lowest BCUT2D eigenvalue weighted by molar-refractivity contribution is 0.0827. The fourth-order valence-electron chi connectivity index (χ4n) is 2.84. The van der Waals surface area contributed by atoms with Crippen LogP contribution in [0.2, 0.25) is 0 Å². The van der Waals surface area contributed by atoms with Gasteiger partial charge in [0.2, 0.25) is 10.0 Å². The van der Waals surface area contributed by atoms with Crippen LogP contribution in [-0.2, 0) is 14.8 Å². The van der Waals surface area contributed by atoms with E-state index in [4.69, 9.17) is 4.74 Å². The molecule has 7 nitrogen and oxygen atoms in total. The zero-order valence-electron chi connectivity index (χ0n) is 14.3. The molecule has 0 spiro atoms. The third kappa shape index (κ3) is 4.32. The monoisotopic (exact) mass is 355 g/mol. The molecule has 1 fully saturated rings. The minimum absolute atomic E-state index is 0.0840. The second-order valence-electron chi connectivity index (χ2n) is 6.30. The van der Waals surface area contributed by atoms with E-state index in [1.807, 2.05) is 0 Å². The summed E-state index contributed by atoms with van der Waals surface area (Å²) in [5.74, 6) is -0.236. The van der Waals surface area contributed by atoms with E-state index in [-0.39, 0.29) is 22.9 Å². The first-order valence-corrected chi connectivity index (χ1v) is 9.33. The highest BCUT2D eigenvalue weighted by Crippen LogP contribution is 2.20. The summed E-state index contributed by atoms with van der Waals surface area (Å²) in [6.07, 6.45) is 1.83. The Balaban J connectivity index is 2.15. The van der Waals surface area contributed by atoms with Crippen LogP contribution in [0.15, 0.2) is 29.2 Å². The number of rotatable bonds is 7. The normalized spacial score (nSPS) is 21.0. The first-order valence-electron chi connectivity index (χ1n) is 7.85. The van der Waals surface area contributed by atoms with Crippen molar-refractivity contribution in [3.8, 4) is 0 Å². The van der Waals surface area contributed by atoms with E-state index in [9.17, 15) is 13.2 Å². The van der Waals surface area contributed by atoms with E-state index in [0.29, 0.717) is 12.2 Å². The third-order valence-electron chi connectivity index (χ3n) is 4.15. The Morgan fingerprint density at radius 1 is 1.42 bits per heavy atom. The molecule has 1 aliphatic heterocycles. The SMILES string of the molecule is COCC1(CNS(=O)(=O)c2cccc(C(=O)N(C)C)c2)CCCN1. The fraction of sp³-hybridized carbons (Fsp3) is 0.562. The zero-order chi connectivity index (χ0) is 17.8. The largest absolute Gasteiger partial charge is 0.383 e. The average Bonchev–Trinajstić information content (AvgIpc) is 3.02. The predicted octanol–water partition coefficient (Wildman–Crippen LogP) is 0.435. The number of nitrogens with one attached hydrogen (secondary N) is 2. The van der Waals surface area contributed by atoms with Crippen LogP contribution in [0.4, 0.5) is 0 Å². The van der Waals surface area contributed by atoms with Gasteiger partial charge in [-0.1, -0.05) is 6.07 Å². The number of carbonyl (C=O) groups is 1. The lowest BCUT2D eigenvalue weighted by atomic mass is 9.99. The summed E-state index contributed by atoms with van der Waals surface area (Å²) in [4.78, 5) is 13.5. The van der Waals surface area contributed by atoms with Gasteiger partial charge in [0.1, 0.15) is 0 Å². The molecule has 0 aromatic heterocycles. The Morgan fingerprint density at radius 3 is 2.75 bits per heavy atom. The highest BCUT2D eigenvalue weighted by Gasteiger charge is 2.34. The molecule has 2 N–H and O–H groups in total. The molecule has 0 radical (unpaired) electrons. The predicted molar refractivity (Wildman–Crippen MR) is 91.5 cm³/mol. The standard InChI is InChI=1S/C16H25N3O4S/c1-19(2)15(20)13-6-4-7-14(10-13)24(21,22)18-11-16(12-23-3)8-5-9-17-16/h4,6-7,10,17-18H,5,8-9,11-12H2,1-3H3. The summed E-state index contributed by atoms with van der Waals surface area (Å²) >= 11 is 0. The highest BCUT2D eigenvalue weighted by molar-refractivity contribution is 7.89. The van der Waals surface area contributed by atoms with Crippen molar-refractivity contribution >= 4 is 15.9 Å². The van der Waals surface area contributed by atoms with Gasteiger partial charge in [-0.3, -0.25) is 4.79 Å². The minimum Gasteiger partial charge on any atom is -0.383 e. The Labute approximate surface area is 143 Å². The zero-order valence-corrected chi connectivity index (χ0v) is 15.1. The second-order valence-corrected chi connectivity index (χ2v) is 8.06. The van der Waals surface area contributed by atoms with Crippen LogP contribution in [0.1, 0.15) is 23.2 Å². The number of nitrogens with zero attached hydrogens (tertiary/aromatic N) is 1. The molecule has 1 heterocycles. The molecule has 1 aromatic rings. The summed E-state index contributed by atoms with van der Waals surface area (Å²) in [5, 5.41) is 3.33. The van der Waals surface area contributed by atoms with Gasteiger partial charge in [-0.2, -0.15) is 0 Å². The molecular formula is C16H25N3O4S. The van der Waals surface area contributed by atoms with E-state index in [0.717, 1.165) is 19.4 Å². The number of amides is 1. The van der Waals surface area contributed by atoms with Crippen LogP contribution >= 0.6 is 0 Å². The maximum atomic E-state index is 12.6. The average molecular weight is 355 g/mol. The molecule has 1 atom stereocenters. The first-order chi connectivity index (χ1) is 11.3. The summed E-state index contributed by atoms with van der Waals surface area (Å²) in [7, 11) is 1.16. The molecule has 2 rings (SSSR count). The number of hydrogen-bond acceptors (Lipinski definition) is 5. The number of ether oxygens (including phenoxy) is 1. The molecular weight excluding hydrogens is 330 g/mol. The van der Waals surface area contributed by atoms with Crippen LogP contribution < -0.4 is 10.0 Å². The van der Waals surface area contributed by atoms with Crippen molar-refractivity contribution in [3.05, 3.63) is 29.8 Å². The van der Waals surface area contributed by atoms with Gasteiger partial charge in [0.25, 0.3) is 5.91 Å². The molecule has 1 aromatic carbocycles. The summed E-state index contributed by atoms with van der Waals surface area (Å²) in [5.41, 5.74) is -0.0349. The Morgan fingerprint density at radius 2 is 2.17 bits per heavy atom. The third-order valence-corrected chi connectivity index (χ3v) is 5.55. The van der Waals surface area contributed by atoms with E-state index >= 15 is 0 Å². The van der Waals surface area contributed by atoms with Crippen LogP contribution in [0.25, 0.3) is 0 Å². The summed E-state index contributed by atoms with van der Waals surface area (Å²) < 4.78 is 33.0. The summed E-state index contributed by atoms with van der Waals surface area (Å²) in [6.45, 7) is 1.53. The Bertz CT molecular complexity index is 682. The van der Waals surface area contributed by atoms with Gasteiger partial charge in [0.15, 0.2) is 0 Å². The molecule has 1 amide bonds. The van der Waals surface area contributed by atoms with Gasteiger partial charge < -0.3 is 15.0 Å². The van der Waals surface area contributed by atoms with Gasteiger partial charge in [0, 0.05) is 33.3 Å². The quantitative estimate of drug-likeness (QED) is 0.741. The number of benzene rings is 1. The van der Waals surface area contributed by atoms with Crippen molar-refractivity contribution in [2.24, 2.45) is 0 Å². The van der Waals surface area contributed by atoms with Gasteiger partial charge in [-0.05, 0) is 37.6 Å². The molecule has 0 saturated carbocycles.